The smallest absolute Gasteiger partial charge is 0.166 e. The summed E-state index contributed by atoms with van der Waals surface area (Å²) in [6.07, 6.45) is 8.50. The zero-order valence-electron chi connectivity index (χ0n) is 12.5. The molecule has 0 aromatic carbocycles. The molecule has 1 fully saturated rings. The van der Waals surface area contributed by atoms with E-state index in [-0.39, 0.29) is 0 Å². The Morgan fingerprint density at radius 3 is 2.81 bits per heavy atom. The lowest BCUT2D eigenvalue weighted by atomic mass is 9.96. The van der Waals surface area contributed by atoms with Crippen LogP contribution in [0.4, 0.5) is 5.82 Å². The summed E-state index contributed by atoms with van der Waals surface area (Å²) in [4.78, 5) is 4.19. The average Bonchev–Trinajstić information content (AvgIpc) is 2.96. The average molecular weight is 286 g/mol. The van der Waals surface area contributed by atoms with Crippen molar-refractivity contribution in [2.45, 2.75) is 51.7 Å². The quantitative estimate of drug-likeness (QED) is 0.937. The molecule has 0 radical (unpaired) electrons. The highest BCUT2D eigenvalue weighted by Gasteiger charge is 2.16. The van der Waals surface area contributed by atoms with Crippen molar-refractivity contribution in [1.29, 1.82) is 0 Å². The number of rotatable bonds is 4. The van der Waals surface area contributed by atoms with Crippen LogP contribution in [-0.2, 0) is 6.61 Å². The Balaban J connectivity index is 1.61. The fourth-order valence-electron chi connectivity index (χ4n) is 2.84. The van der Waals surface area contributed by atoms with Crippen molar-refractivity contribution in [1.82, 2.24) is 14.8 Å². The lowest BCUT2D eigenvalue weighted by Crippen LogP contribution is -2.13. The van der Waals surface area contributed by atoms with Crippen LogP contribution in [0.25, 0.3) is 0 Å². The van der Waals surface area contributed by atoms with Gasteiger partial charge in [0.05, 0.1) is 11.7 Å². The van der Waals surface area contributed by atoms with E-state index in [9.17, 15) is 0 Å². The Kier molecular flexibility index (Phi) is 4.08. The molecule has 0 bridgehead atoms. The molecule has 0 spiro atoms. The zero-order valence-corrected chi connectivity index (χ0v) is 12.5. The van der Waals surface area contributed by atoms with Gasteiger partial charge in [0.25, 0.3) is 0 Å². The van der Waals surface area contributed by atoms with Gasteiger partial charge in [-0.1, -0.05) is 19.3 Å². The number of nitrogens with two attached hydrogens (primary N) is 1. The molecule has 1 aliphatic carbocycles. The number of ether oxygens (including phenoxy) is 1. The predicted molar refractivity (Wildman–Crippen MR) is 82.1 cm³/mol. The monoisotopic (exact) mass is 286 g/mol. The third-order valence-corrected chi connectivity index (χ3v) is 4.01. The van der Waals surface area contributed by atoms with Gasteiger partial charge >= 0.3 is 0 Å². The summed E-state index contributed by atoms with van der Waals surface area (Å²) in [6.45, 7) is 2.33. The number of hydrogen-bond donors (Lipinski definition) is 1. The first-order chi connectivity index (χ1) is 10.2. The number of aryl methyl sites for hydroxylation is 1. The molecule has 2 aromatic rings. The molecule has 3 rings (SSSR count). The number of anilines is 1. The molecule has 0 amide bonds. The van der Waals surface area contributed by atoms with Crippen molar-refractivity contribution >= 4 is 5.82 Å². The molecular weight excluding hydrogens is 264 g/mol. The second-order valence-electron chi connectivity index (χ2n) is 5.70. The van der Waals surface area contributed by atoms with Gasteiger partial charge in [0.2, 0.25) is 0 Å². The van der Waals surface area contributed by atoms with Gasteiger partial charge in [-0.2, -0.15) is 5.10 Å². The maximum atomic E-state index is 5.85. The molecule has 5 nitrogen and oxygen atoms in total. The normalized spacial score (nSPS) is 16.0. The van der Waals surface area contributed by atoms with E-state index in [1.54, 1.807) is 0 Å². The van der Waals surface area contributed by atoms with E-state index in [2.05, 4.69) is 21.0 Å². The minimum absolute atomic E-state index is 0.425. The van der Waals surface area contributed by atoms with Crippen molar-refractivity contribution < 1.29 is 4.74 Å². The van der Waals surface area contributed by atoms with E-state index in [4.69, 9.17) is 10.5 Å². The van der Waals surface area contributed by atoms with Crippen LogP contribution >= 0.6 is 0 Å². The number of aromatic nitrogens is 3. The molecule has 21 heavy (non-hydrogen) atoms. The number of hydrogen-bond acceptors (Lipinski definition) is 4. The highest BCUT2D eigenvalue weighted by Crippen LogP contribution is 2.27. The summed E-state index contributed by atoms with van der Waals surface area (Å²) in [5.41, 5.74) is 7.67. The minimum atomic E-state index is 0.425. The summed E-state index contributed by atoms with van der Waals surface area (Å²) >= 11 is 0. The van der Waals surface area contributed by atoms with Crippen LogP contribution in [0, 0.1) is 6.92 Å². The van der Waals surface area contributed by atoms with E-state index < -0.39 is 0 Å². The Morgan fingerprint density at radius 1 is 1.24 bits per heavy atom. The largest absolute Gasteiger partial charge is 0.483 e. The van der Waals surface area contributed by atoms with Gasteiger partial charge in [-0.05, 0) is 38.0 Å². The molecule has 0 atom stereocenters. The molecule has 5 heteroatoms. The first kappa shape index (κ1) is 13.9. The van der Waals surface area contributed by atoms with Gasteiger partial charge in [0, 0.05) is 11.9 Å². The maximum Gasteiger partial charge on any atom is 0.166 e. The van der Waals surface area contributed by atoms with Crippen molar-refractivity contribution in [3.8, 4) is 5.75 Å². The van der Waals surface area contributed by atoms with Crippen LogP contribution in [0.3, 0.4) is 0 Å². The number of nitrogens with zero attached hydrogens (tertiary/aromatic N) is 3. The minimum Gasteiger partial charge on any atom is -0.483 e. The van der Waals surface area contributed by atoms with E-state index in [1.807, 2.05) is 25.1 Å². The van der Waals surface area contributed by atoms with E-state index in [0.29, 0.717) is 24.2 Å². The molecule has 1 saturated carbocycles. The second-order valence-corrected chi connectivity index (χ2v) is 5.70. The summed E-state index contributed by atoms with van der Waals surface area (Å²) in [6, 6.07) is 6.33. The van der Waals surface area contributed by atoms with Crippen LogP contribution in [0.5, 0.6) is 5.75 Å². The topological polar surface area (TPSA) is 66.0 Å². The van der Waals surface area contributed by atoms with Crippen molar-refractivity contribution in [3.05, 3.63) is 35.8 Å². The highest BCUT2D eigenvalue weighted by molar-refractivity contribution is 5.46. The molecule has 0 saturated heterocycles. The molecular formula is C16H22N4O. The van der Waals surface area contributed by atoms with Crippen molar-refractivity contribution in [3.63, 3.8) is 0 Å². The molecule has 2 heterocycles. The zero-order chi connectivity index (χ0) is 14.7. The molecule has 112 valence electrons. The highest BCUT2D eigenvalue weighted by atomic mass is 16.5. The third kappa shape index (κ3) is 3.35. The standard InChI is InChI=1S/C16H22N4O/c1-12-7-8-15(16(17)18-12)21-11-13-9-10-20(19-13)14-5-3-2-4-6-14/h7-10,14H,2-6,11H2,1H3,(H2,17,18). The first-order valence-corrected chi connectivity index (χ1v) is 7.62. The Hall–Kier alpha value is -2.04. The third-order valence-electron chi connectivity index (χ3n) is 4.01. The van der Waals surface area contributed by atoms with Gasteiger partial charge in [-0.15, -0.1) is 0 Å². The Bertz CT molecular complexity index is 602. The lowest BCUT2D eigenvalue weighted by molar-refractivity contribution is 0.291. The van der Waals surface area contributed by atoms with Gasteiger partial charge < -0.3 is 10.5 Å². The van der Waals surface area contributed by atoms with E-state index >= 15 is 0 Å². The van der Waals surface area contributed by atoms with Crippen molar-refractivity contribution in [2.75, 3.05) is 5.73 Å². The second kappa shape index (κ2) is 6.16. The number of pyridine rings is 1. The Labute approximate surface area is 125 Å². The summed E-state index contributed by atoms with van der Waals surface area (Å²) in [5, 5.41) is 4.63. The molecule has 0 unspecified atom stereocenters. The van der Waals surface area contributed by atoms with Crippen molar-refractivity contribution in [2.24, 2.45) is 0 Å². The molecule has 1 aliphatic rings. The van der Waals surface area contributed by atoms with Crippen LogP contribution in [0.15, 0.2) is 24.4 Å². The molecule has 2 aromatic heterocycles. The van der Waals surface area contributed by atoms with Crippen LogP contribution < -0.4 is 10.5 Å². The van der Waals surface area contributed by atoms with E-state index in [0.717, 1.165) is 11.4 Å². The van der Waals surface area contributed by atoms with Gasteiger partial charge in [0.1, 0.15) is 6.61 Å². The lowest BCUT2D eigenvalue weighted by Gasteiger charge is -2.21. The van der Waals surface area contributed by atoms with E-state index in [1.165, 1.54) is 32.1 Å². The van der Waals surface area contributed by atoms with Gasteiger partial charge in [0.15, 0.2) is 11.6 Å². The predicted octanol–water partition coefficient (Wildman–Crippen LogP) is 3.25. The molecule has 0 aliphatic heterocycles. The van der Waals surface area contributed by atoms with Gasteiger partial charge in [-0.3, -0.25) is 4.68 Å². The van der Waals surface area contributed by atoms with Crippen LogP contribution in [0.2, 0.25) is 0 Å². The Morgan fingerprint density at radius 2 is 2.05 bits per heavy atom. The van der Waals surface area contributed by atoms with Crippen LogP contribution in [0.1, 0.15) is 49.5 Å². The summed E-state index contributed by atoms with van der Waals surface area (Å²) in [5.74, 6) is 1.05. The maximum absolute atomic E-state index is 5.85. The fourth-order valence-corrected chi connectivity index (χ4v) is 2.84. The number of nitrogen functional groups attached to an aromatic ring is 1. The first-order valence-electron chi connectivity index (χ1n) is 7.62. The van der Waals surface area contributed by atoms with Gasteiger partial charge in [-0.25, -0.2) is 4.98 Å². The molecule has 2 N–H and O–H groups in total. The summed E-state index contributed by atoms with van der Waals surface area (Å²) < 4.78 is 7.81. The van der Waals surface area contributed by atoms with Crippen LogP contribution in [-0.4, -0.2) is 14.8 Å². The fraction of sp³-hybridized carbons (Fsp3) is 0.500. The summed E-state index contributed by atoms with van der Waals surface area (Å²) in [7, 11) is 0. The SMILES string of the molecule is Cc1ccc(OCc2ccn(C3CCCCC3)n2)c(N)n1.